The summed E-state index contributed by atoms with van der Waals surface area (Å²) in [6, 6.07) is 16.6. The highest BCUT2D eigenvalue weighted by atomic mass is 16.5. The largest absolute Gasteiger partial charge is 0.381 e. The van der Waals surface area contributed by atoms with Gasteiger partial charge in [0.25, 0.3) is 5.91 Å². The number of hydrogen-bond acceptors (Lipinski definition) is 4. The Labute approximate surface area is 182 Å². The number of nitrogens with zero attached hydrogens (tertiary/aromatic N) is 3. The van der Waals surface area contributed by atoms with E-state index < -0.39 is 0 Å². The van der Waals surface area contributed by atoms with E-state index in [1.54, 1.807) is 24.1 Å². The van der Waals surface area contributed by atoms with Gasteiger partial charge in [-0.1, -0.05) is 30.3 Å². The Kier molecular flexibility index (Phi) is 5.12. The van der Waals surface area contributed by atoms with Crippen molar-refractivity contribution >= 4 is 11.6 Å². The van der Waals surface area contributed by atoms with E-state index in [1.165, 1.54) is 11.1 Å². The summed E-state index contributed by atoms with van der Waals surface area (Å²) in [5.41, 5.74) is 6.26. The zero-order valence-corrected chi connectivity index (χ0v) is 18.0. The molecule has 1 saturated heterocycles. The van der Waals surface area contributed by atoms with Crippen LogP contribution in [0.25, 0.3) is 11.1 Å². The minimum atomic E-state index is -0.0754. The third-order valence-electron chi connectivity index (χ3n) is 6.68. The van der Waals surface area contributed by atoms with Crippen molar-refractivity contribution in [2.45, 2.75) is 24.9 Å². The lowest BCUT2D eigenvalue weighted by molar-refractivity contribution is 0.0546. The molecule has 0 unspecified atom stereocenters. The third-order valence-corrected chi connectivity index (χ3v) is 6.68. The topological polar surface area (TPSA) is 56.6 Å². The predicted molar refractivity (Wildman–Crippen MR) is 119 cm³/mol. The summed E-state index contributed by atoms with van der Waals surface area (Å²) in [6.45, 7) is 2.69. The van der Waals surface area contributed by atoms with Crippen LogP contribution in [-0.4, -0.2) is 42.6 Å². The van der Waals surface area contributed by atoms with E-state index in [4.69, 9.17) is 9.47 Å². The molecular formula is C25H27N3O3. The predicted octanol–water partition coefficient (Wildman–Crippen LogP) is 3.94. The van der Waals surface area contributed by atoms with Crippen LogP contribution in [-0.2, 0) is 28.5 Å². The molecule has 3 aromatic rings. The van der Waals surface area contributed by atoms with Gasteiger partial charge in [0.1, 0.15) is 5.69 Å². The number of carbonyl (C=O) groups is 1. The van der Waals surface area contributed by atoms with Gasteiger partial charge in [-0.25, -0.2) is 0 Å². The molecule has 1 amide bonds. The number of amides is 1. The highest BCUT2D eigenvalue weighted by Crippen LogP contribution is 2.48. The molecule has 31 heavy (non-hydrogen) atoms. The SMILES string of the molecule is COCc1ccccc1-c1ccc2c(c1)C1(CCOCC1)CN2C(=O)c1ccnn1C. The Bertz CT molecular complexity index is 1110. The quantitative estimate of drug-likeness (QED) is 0.645. The average molecular weight is 418 g/mol. The molecule has 6 nitrogen and oxygen atoms in total. The number of aryl methyl sites for hydroxylation is 1. The number of ether oxygens (including phenoxy) is 2. The van der Waals surface area contributed by atoms with Crippen LogP contribution in [0.4, 0.5) is 5.69 Å². The standard InChI is InChI=1S/C25H27N3O3/c1-27-23(9-12-26-27)24(29)28-17-25(10-13-31-14-11-25)21-15-18(7-8-22(21)28)20-6-4-3-5-19(20)16-30-2/h3-9,12,15H,10-11,13-14,16-17H2,1-2H3. The van der Waals surface area contributed by atoms with Gasteiger partial charge in [-0.2, -0.15) is 5.10 Å². The molecule has 0 radical (unpaired) electrons. The molecule has 1 spiro atoms. The van der Waals surface area contributed by atoms with Gasteiger partial charge in [-0.15, -0.1) is 0 Å². The molecule has 3 heterocycles. The van der Waals surface area contributed by atoms with Crippen molar-refractivity contribution in [2.24, 2.45) is 7.05 Å². The van der Waals surface area contributed by atoms with E-state index in [1.807, 2.05) is 18.0 Å². The minimum absolute atomic E-state index is 0.00264. The Morgan fingerprint density at radius 1 is 1.16 bits per heavy atom. The fourth-order valence-corrected chi connectivity index (χ4v) is 5.01. The monoisotopic (exact) mass is 417 g/mol. The van der Waals surface area contributed by atoms with Crippen LogP contribution in [0.3, 0.4) is 0 Å². The number of methoxy groups -OCH3 is 1. The first kappa shape index (κ1) is 20.0. The summed E-state index contributed by atoms with van der Waals surface area (Å²) in [7, 11) is 3.53. The van der Waals surface area contributed by atoms with Crippen LogP contribution < -0.4 is 4.90 Å². The zero-order chi connectivity index (χ0) is 21.4. The first-order valence-corrected chi connectivity index (χ1v) is 10.7. The zero-order valence-electron chi connectivity index (χ0n) is 18.0. The lowest BCUT2D eigenvalue weighted by atomic mass is 9.75. The van der Waals surface area contributed by atoms with Gasteiger partial charge >= 0.3 is 0 Å². The average Bonchev–Trinajstić information content (AvgIpc) is 3.36. The molecule has 0 N–H and O–H groups in total. The maximum atomic E-state index is 13.4. The van der Waals surface area contributed by atoms with E-state index in [9.17, 15) is 4.79 Å². The van der Waals surface area contributed by atoms with Gasteiger partial charge < -0.3 is 14.4 Å². The molecule has 1 fully saturated rings. The molecule has 2 aliphatic rings. The van der Waals surface area contributed by atoms with E-state index in [0.717, 1.165) is 42.9 Å². The fourth-order valence-electron chi connectivity index (χ4n) is 5.01. The number of carbonyl (C=O) groups excluding carboxylic acids is 1. The number of fused-ring (bicyclic) bond motifs is 2. The maximum absolute atomic E-state index is 13.4. The summed E-state index contributed by atoms with van der Waals surface area (Å²) in [5, 5.41) is 4.19. The first-order chi connectivity index (χ1) is 15.1. The highest BCUT2D eigenvalue weighted by molar-refractivity contribution is 6.07. The first-order valence-electron chi connectivity index (χ1n) is 10.7. The van der Waals surface area contributed by atoms with E-state index in [0.29, 0.717) is 18.8 Å². The van der Waals surface area contributed by atoms with Crippen LogP contribution in [0.5, 0.6) is 0 Å². The van der Waals surface area contributed by atoms with Gasteiger partial charge in [0, 0.05) is 51.2 Å². The smallest absolute Gasteiger partial charge is 0.276 e. The molecule has 0 bridgehead atoms. The van der Waals surface area contributed by atoms with Crippen molar-refractivity contribution in [3.63, 3.8) is 0 Å². The van der Waals surface area contributed by atoms with Crippen molar-refractivity contribution in [1.29, 1.82) is 0 Å². The molecule has 2 aromatic carbocycles. The van der Waals surface area contributed by atoms with Crippen molar-refractivity contribution in [2.75, 3.05) is 31.8 Å². The second kappa shape index (κ2) is 7.94. The summed E-state index contributed by atoms with van der Waals surface area (Å²) in [5.74, 6) is -0.00264. The Balaban J connectivity index is 1.61. The van der Waals surface area contributed by atoms with Crippen LogP contribution in [0.2, 0.25) is 0 Å². The summed E-state index contributed by atoms with van der Waals surface area (Å²) < 4.78 is 12.8. The van der Waals surface area contributed by atoms with E-state index in [-0.39, 0.29) is 11.3 Å². The molecule has 6 heteroatoms. The van der Waals surface area contributed by atoms with Gasteiger partial charge in [0.15, 0.2) is 0 Å². The molecule has 0 saturated carbocycles. The van der Waals surface area contributed by atoms with Crippen LogP contribution in [0.1, 0.15) is 34.5 Å². The second-order valence-electron chi connectivity index (χ2n) is 8.45. The molecule has 0 atom stereocenters. The Morgan fingerprint density at radius 2 is 1.97 bits per heavy atom. The molecule has 0 aliphatic carbocycles. The second-order valence-corrected chi connectivity index (χ2v) is 8.45. The number of benzene rings is 2. The Morgan fingerprint density at radius 3 is 2.71 bits per heavy atom. The summed E-state index contributed by atoms with van der Waals surface area (Å²) in [4.78, 5) is 15.4. The van der Waals surface area contributed by atoms with Gasteiger partial charge in [0.05, 0.1) is 6.61 Å². The van der Waals surface area contributed by atoms with Crippen LogP contribution >= 0.6 is 0 Å². The van der Waals surface area contributed by atoms with Gasteiger partial charge in [-0.3, -0.25) is 9.48 Å². The van der Waals surface area contributed by atoms with Crippen molar-refractivity contribution < 1.29 is 14.3 Å². The van der Waals surface area contributed by atoms with Gasteiger partial charge in [0.2, 0.25) is 0 Å². The summed E-state index contributed by atoms with van der Waals surface area (Å²) in [6.07, 6.45) is 3.50. The molecular weight excluding hydrogens is 390 g/mol. The molecule has 1 aromatic heterocycles. The maximum Gasteiger partial charge on any atom is 0.276 e. The summed E-state index contributed by atoms with van der Waals surface area (Å²) >= 11 is 0. The lowest BCUT2D eigenvalue weighted by Gasteiger charge is -2.34. The number of rotatable bonds is 4. The van der Waals surface area contributed by atoms with Gasteiger partial charge in [-0.05, 0) is 53.3 Å². The lowest BCUT2D eigenvalue weighted by Crippen LogP contribution is -2.41. The van der Waals surface area contributed by atoms with Crippen molar-refractivity contribution in [1.82, 2.24) is 9.78 Å². The van der Waals surface area contributed by atoms with E-state index in [2.05, 4.69) is 41.5 Å². The highest BCUT2D eigenvalue weighted by Gasteiger charge is 2.46. The normalized spacial score (nSPS) is 17.2. The fraction of sp³-hybridized carbons (Fsp3) is 0.360. The van der Waals surface area contributed by atoms with Crippen LogP contribution in [0.15, 0.2) is 54.7 Å². The van der Waals surface area contributed by atoms with Crippen molar-refractivity contribution in [3.05, 3.63) is 71.5 Å². The molecule has 5 rings (SSSR count). The minimum Gasteiger partial charge on any atom is -0.381 e. The number of aromatic nitrogens is 2. The number of anilines is 1. The third kappa shape index (κ3) is 3.36. The van der Waals surface area contributed by atoms with E-state index >= 15 is 0 Å². The molecule has 160 valence electrons. The van der Waals surface area contributed by atoms with Crippen molar-refractivity contribution in [3.8, 4) is 11.1 Å². The number of hydrogen-bond donors (Lipinski definition) is 0. The molecule has 2 aliphatic heterocycles. The van der Waals surface area contributed by atoms with Crippen LogP contribution in [0, 0.1) is 0 Å². The Hall–Kier alpha value is -2.96.